The van der Waals surface area contributed by atoms with Crippen LogP contribution in [0.5, 0.6) is 0 Å². The van der Waals surface area contributed by atoms with Crippen molar-refractivity contribution >= 4 is 35.2 Å². The van der Waals surface area contributed by atoms with E-state index in [1.165, 1.54) is 11.8 Å². The van der Waals surface area contributed by atoms with Crippen molar-refractivity contribution in [3.8, 4) is 12.1 Å². The van der Waals surface area contributed by atoms with Gasteiger partial charge >= 0.3 is 0 Å². The molecular formula is C21H26N6S2. The van der Waals surface area contributed by atoms with Crippen molar-refractivity contribution < 1.29 is 0 Å². The Balaban J connectivity index is 2.37. The number of likely N-dealkylation sites (N-methyl/N-ethyl adjacent to an activating group) is 1. The summed E-state index contributed by atoms with van der Waals surface area (Å²) in [5.74, 6) is 1.29. The molecule has 0 aliphatic heterocycles. The quantitative estimate of drug-likeness (QED) is 0.478. The van der Waals surface area contributed by atoms with Gasteiger partial charge in [0.2, 0.25) is 0 Å². The lowest BCUT2D eigenvalue weighted by Gasteiger charge is -2.22. The van der Waals surface area contributed by atoms with Gasteiger partial charge in [-0.3, -0.25) is 0 Å². The number of aromatic nitrogens is 1. The topological polar surface area (TPSA) is 93.0 Å². The maximum atomic E-state index is 9.75. The van der Waals surface area contributed by atoms with Gasteiger partial charge in [-0.05, 0) is 29.7 Å². The summed E-state index contributed by atoms with van der Waals surface area (Å²) in [6, 6.07) is 12.9. The molecule has 1 aromatic carbocycles. The van der Waals surface area contributed by atoms with Crippen LogP contribution in [-0.2, 0) is 12.2 Å². The summed E-state index contributed by atoms with van der Waals surface area (Å²) in [7, 11) is 3.90. The Morgan fingerprint density at radius 3 is 2.28 bits per heavy atom. The Morgan fingerprint density at radius 1 is 1.10 bits per heavy atom. The molecule has 2 aromatic rings. The van der Waals surface area contributed by atoms with E-state index >= 15 is 0 Å². The van der Waals surface area contributed by atoms with Crippen LogP contribution >= 0.6 is 23.7 Å². The first-order chi connectivity index (χ1) is 14.0. The number of nitrogens with two attached hydrogens (primary N) is 1. The van der Waals surface area contributed by atoms with Gasteiger partial charge in [0.25, 0.3) is 0 Å². The van der Waals surface area contributed by atoms with E-state index in [0.29, 0.717) is 47.2 Å². The van der Waals surface area contributed by atoms with Crippen LogP contribution in [0.4, 0.5) is 11.5 Å². The number of thioether (sulfide) groups is 1. The second-order valence-corrected chi connectivity index (χ2v) is 8.27. The molecule has 0 unspecified atom stereocenters. The van der Waals surface area contributed by atoms with Gasteiger partial charge in [0.1, 0.15) is 23.0 Å². The summed E-state index contributed by atoms with van der Waals surface area (Å²) in [6.45, 7) is 3.01. The van der Waals surface area contributed by atoms with Crippen LogP contribution in [0.1, 0.15) is 29.2 Å². The third kappa shape index (κ3) is 5.36. The number of nitriles is 2. The van der Waals surface area contributed by atoms with Crippen LogP contribution in [0.15, 0.2) is 29.3 Å². The third-order valence-electron chi connectivity index (χ3n) is 4.60. The zero-order valence-corrected chi connectivity index (χ0v) is 18.9. The Morgan fingerprint density at radius 2 is 1.76 bits per heavy atom. The Kier molecular flexibility index (Phi) is 8.66. The average molecular weight is 427 g/mol. The van der Waals surface area contributed by atoms with E-state index in [1.807, 2.05) is 32.2 Å². The van der Waals surface area contributed by atoms with Crippen LogP contribution in [0, 0.1) is 22.7 Å². The summed E-state index contributed by atoms with van der Waals surface area (Å²) in [4.78, 5) is 6.58. The molecule has 0 saturated heterocycles. The fraction of sp³-hybridized carbons (Fsp3) is 0.381. The highest BCUT2D eigenvalue weighted by molar-refractivity contribution is 7.99. The van der Waals surface area contributed by atoms with Crippen molar-refractivity contribution in [2.75, 3.05) is 42.6 Å². The molecule has 0 fully saturated rings. The molecule has 0 aliphatic rings. The predicted octanol–water partition coefficient (Wildman–Crippen LogP) is 3.79. The van der Waals surface area contributed by atoms with Gasteiger partial charge in [0.05, 0.1) is 11.1 Å². The number of hydrogen-bond donors (Lipinski definition) is 1. The van der Waals surface area contributed by atoms with Gasteiger partial charge in [0, 0.05) is 44.9 Å². The maximum absolute atomic E-state index is 9.75. The summed E-state index contributed by atoms with van der Waals surface area (Å²) in [5.41, 5.74) is 9.69. The summed E-state index contributed by atoms with van der Waals surface area (Å²) in [5, 5.41) is 20.1. The SMILES string of the molecule is CCc1c(C#N)c(SCc2ccc(N(C)SC)cc2)nc(N(C)CCN)c1C#N. The van der Waals surface area contributed by atoms with Crippen molar-refractivity contribution in [3.05, 3.63) is 46.5 Å². The predicted molar refractivity (Wildman–Crippen MR) is 123 cm³/mol. The standard InChI is InChI=1S/C21H26N6S2/c1-5-17-18(12-23)20(26(2)11-10-22)25-21(19(17)13-24)29-14-15-6-8-16(9-7-15)27(3)28-4/h6-9H,5,10-11,14,22H2,1-4H3. The summed E-state index contributed by atoms with van der Waals surface area (Å²) >= 11 is 3.18. The van der Waals surface area contributed by atoms with Crippen LogP contribution in [-0.4, -0.2) is 38.4 Å². The van der Waals surface area contributed by atoms with Crippen molar-refractivity contribution in [2.45, 2.75) is 24.1 Å². The van der Waals surface area contributed by atoms with Gasteiger partial charge in [-0.15, -0.1) is 11.8 Å². The number of nitrogens with zero attached hydrogens (tertiary/aromatic N) is 5. The first-order valence-corrected chi connectivity index (χ1v) is 11.4. The average Bonchev–Trinajstić information content (AvgIpc) is 2.76. The monoisotopic (exact) mass is 426 g/mol. The maximum Gasteiger partial charge on any atom is 0.148 e. The lowest BCUT2D eigenvalue weighted by Crippen LogP contribution is -2.27. The molecule has 0 aliphatic carbocycles. The summed E-state index contributed by atoms with van der Waals surface area (Å²) < 4.78 is 2.10. The lowest BCUT2D eigenvalue weighted by atomic mass is 10.0. The normalized spacial score (nSPS) is 10.3. The van der Waals surface area contributed by atoms with Crippen molar-refractivity contribution in [1.82, 2.24) is 4.98 Å². The zero-order chi connectivity index (χ0) is 21.4. The molecule has 1 heterocycles. The molecule has 0 saturated carbocycles. The molecule has 0 bridgehead atoms. The second kappa shape index (κ2) is 11.0. The van der Waals surface area contributed by atoms with Crippen molar-refractivity contribution in [2.24, 2.45) is 5.73 Å². The van der Waals surface area contributed by atoms with Gasteiger partial charge < -0.3 is 14.9 Å². The van der Waals surface area contributed by atoms with Crippen molar-refractivity contribution in [3.63, 3.8) is 0 Å². The van der Waals surface area contributed by atoms with E-state index in [9.17, 15) is 10.5 Å². The summed E-state index contributed by atoms with van der Waals surface area (Å²) in [6.07, 6.45) is 2.63. The fourth-order valence-corrected chi connectivity index (χ4v) is 4.22. The second-order valence-electron chi connectivity index (χ2n) is 6.39. The van der Waals surface area contributed by atoms with E-state index in [1.54, 1.807) is 11.9 Å². The van der Waals surface area contributed by atoms with E-state index in [2.05, 4.69) is 40.7 Å². The molecule has 0 radical (unpaired) electrons. The van der Waals surface area contributed by atoms with Gasteiger partial charge in [-0.25, -0.2) is 4.98 Å². The van der Waals surface area contributed by atoms with Crippen LogP contribution in [0.3, 0.4) is 0 Å². The molecule has 0 amide bonds. The third-order valence-corrected chi connectivity index (χ3v) is 6.41. The van der Waals surface area contributed by atoms with E-state index in [-0.39, 0.29) is 0 Å². The number of anilines is 2. The highest BCUT2D eigenvalue weighted by Crippen LogP contribution is 2.33. The minimum Gasteiger partial charge on any atom is -0.357 e. The van der Waals surface area contributed by atoms with Gasteiger partial charge in [-0.2, -0.15) is 10.5 Å². The first kappa shape index (κ1) is 22.9. The van der Waals surface area contributed by atoms with Gasteiger partial charge in [0.15, 0.2) is 0 Å². The minimum absolute atomic E-state index is 0.462. The Hall–Kier alpha value is -2.39. The molecule has 2 N–H and O–H groups in total. The molecule has 2 rings (SSSR count). The van der Waals surface area contributed by atoms with Crippen LogP contribution < -0.4 is 14.9 Å². The van der Waals surface area contributed by atoms with Crippen LogP contribution in [0.2, 0.25) is 0 Å². The lowest BCUT2D eigenvalue weighted by molar-refractivity contribution is 0.849. The molecule has 29 heavy (non-hydrogen) atoms. The molecule has 6 nitrogen and oxygen atoms in total. The number of pyridine rings is 1. The zero-order valence-electron chi connectivity index (χ0n) is 17.3. The molecule has 152 valence electrons. The molecule has 1 aromatic heterocycles. The molecule has 0 spiro atoms. The molecule has 8 heteroatoms. The minimum atomic E-state index is 0.462. The highest BCUT2D eigenvalue weighted by Gasteiger charge is 2.21. The smallest absolute Gasteiger partial charge is 0.148 e. The fourth-order valence-electron chi connectivity index (χ4n) is 2.92. The van der Waals surface area contributed by atoms with E-state index in [4.69, 9.17) is 10.7 Å². The largest absolute Gasteiger partial charge is 0.357 e. The first-order valence-electron chi connectivity index (χ1n) is 9.28. The van der Waals surface area contributed by atoms with Gasteiger partial charge in [-0.1, -0.05) is 31.0 Å². The van der Waals surface area contributed by atoms with E-state index < -0.39 is 0 Å². The molecular weight excluding hydrogens is 400 g/mol. The number of benzene rings is 1. The van der Waals surface area contributed by atoms with Crippen molar-refractivity contribution in [1.29, 1.82) is 10.5 Å². The highest BCUT2D eigenvalue weighted by atomic mass is 32.2. The molecule has 0 atom stereocenters. The number of rotatable bonds is 9. The number of hydrogen-bond acceptors (Lipinski definition) is 8. The van der Waals surface area contributed by atoms with E-state index in [0.717, 1.165) is 16.8 Å². The Bertz CT molecular complexity index is 915. The van der Waals surface area contributed by atoms with Crippen LogP contribution in [0.25, 0.3) is 0 Å². The Labute approximate surface area is 181 Å².